The molecule has 1 aromatic heterocycles. The van der Waals surface area contributed by atoms with Crippen molar-refractivity contribution in [3.63, 3.8) is 0 Å². The molecule has 6 heteroatoms. The number of aromatic nitrogens is 2. The lowest BCUT2D eigenvalue weighted by atomic mass is 9.97. The van der Waals surface area contributed by atoms with Crippen LogP contribution in [0.5, 0.6) is 0 Å². The molecule has 3 N–H and O–H groups in total. The van der Waals surface area contributed by atoms with E-state index in [4.69, 9.17) is 5.73 Å². The molecule has 1 saturated heterocycles. The van der Waals surface area contributed by atoms with Gasteiger partial charge in [-0.3, -0.25) is 5.10 Å². The number of aromatic amines is 1. The van der Waals surface area contributed by atoms with Crippen LogP contribution in [-0.2, 0) is 9.84 Å². The Labute approximate surface area is 124 Å². The monoisotopic (exact) mass is 305 g/mol. The minimum Gasteiger partial charge on any atom is -0.382 e. The molecule has 1 fully saturated rings. The number of sulfone groups is 1. The lowest BCUT2D eigenvalue weighted by Gasteiger charge is -2.22. The molecule has 21 heavy (non-hydrogen) atoms. The van der Waals surface area contributed by atoms with E-state index in [2.05, 4.69) is 10.2 Å². The third-order valence-electron chi connectivity index (χ3n) is 4.14. The van der Waals surface area contributed by atoms with Crippen molar-refractivity contribution in [3.8, 4) is 11.1 Å². The van der Waals surface area contributed by atoms with Gasteiger partial charge in [0.2, 0.25) is 0 Å². The van der Waals surface area contributed by atoms with E-state index in [0.717, 1.165) is 29.5 Å². The van der Waals surface area contributed by atoms with Gasteiger partial charge in [0.1, 0.15) is 5.25 Å². The molecule has 3 rings (SSSR count). The first kappa shape index (κ1) is 14.1. The highest BCUT2D eigenvalue weighted by molar-refractivity contribution is 7.91. The fourth-order valence-corrected chi connectivity index (χ4v) is 4.96. The number of nitrogens with zero attached hydrogens (tertiary/aromatic N) is 1. The molecule has 0 saturated carbocycles. The summed E-state index contributed by atoms with van der Waals surface area (Å²) in [4.78, 5) is 0. The van der Waals surface area contributed by atoms with Crippen LogP contribution in [0.4, 0.5) is 5.82 Å². The van der Waals surface area contributed by atoms with Gasteiger partial charge in [0.05, 0.1) is 11.4 Å². The summed E-state index contributed by atoms with van der Waals surface area (Å²) in [7, 11) is -3.13. The quantitative estimate of drug-likeness (QED) is 0.892. The fraction of sp³-hybridized carbons (Fsp3) is 0.400. The van der Waals surface area contributed by atoms with Crippen LogP contribution in [0.25, 0.3) is 11.1 Å². The smallest absolute Gasteiger partial charge is 0.158 e. The Morgan fingerprint density at radius 1 is 1.29 bits per heavy atom. The van der Waals surface area contributed by atoms with E-state index < -0.39 is 15.1 Å². The molecule has 5 nitrogen and oxygen atoms in total. The summed E-state index contributed by atoms with van der Waals surface area (Å²) in [6.45, 7) is 1.99. The zero-order valence-corrected chi connectivity index (χ0v) is 12.8. The molecular formula is C15H19N3O2S. The van der Waals surface area contributed by atoms with E-state index in [9.17, 15) is 8.42 Å². The van der Waals surface area contributed by atoms with Crippen LogP contribution >= 0.6 is 0 Å². The van der Waals surface area contributed by atoms with E-state index in [1.54, 1.807) is 0 Å². The zero-order valence-electron chi connectivity index (χ0n) is 12.0. The van der Waals surface area contributed by atoms with Gasteiger partial charge in [0.25, 0.3) is 0 Å². The second kappa shape index (κ2) is 5.18. The summed E-state index contributed by atoms with van der Waals surface area (Å²) < 4.78 is 24.7. The van der Waals surface area contributed by atoms with Crippen LogP contribution in [0, 0.1) is 6.92 Å². The Hall–Kier alpha value is -1.82. The lowest BCUT2D eigenvalue weighted by molar-refractivity contribution is 0.542. The highest BCUT2D eigenvalue weighted by atomic mass is 32.2. The van der Waals surface area contributed by atoms with E-state index in [0.29, 0.717) is 17.9 Å². The number of hydrogen-bond acceptors (Lipinski definition) is 4. The molecule has 2 aromatic rings. The predicted octanol–water partition coefficient (Wildman–Crippen LogP) is 2.61. The van der Waals surface area contributed by atoms with Gasteiger partial charge in [-0.25, -0.2) is 8.42 Å². The van der Waals surface area contributed by atoms with Gasteiger partial charge in [-0.1, -0.05) is 30.7 Å². The van der Waals surface area contributed by atoms with Crippen LogP contribution in [0.2, 0.25) is 0 Å². The minimum atomic E-state index is -3.13. The number of H-pyrrole nitrogens is 1. The zero-order chi connectivity index (χ0) is 15.0. The van der Waals surface area contributed by atoms with Crippen LogP contribution in [-0.4, -0.2) is 24.4 Å². The van der Waals surface area contributed by atoms with E-state index >= 15 is 0 Å². The predicted molar refractivity (Wildman–Crippen MR) is 83.6 cm³/mol. The van der Waals surface area contributed by atoms with Crippen molar-refractivity contribution in [1.29, 1.82) is 0 Å². The first-order valence-corrected chi connectivity index (χ1v) is 8.83. The van der Waals surface area contributed by atoms with Crippen LogP contribution in [0.15, 0.2) is 24.3 Å². The second-order valence-electron chi connectivity index (χ2n) is 5.56. The maximum atomic E-state index is 12.4. The summed E-state index contributed by atoms with van der Waals surface area (Å²) in [5.41, 5.74) is 9.38. The number of benzene rings is 1. The number of anilines is 1. The molecule has 2 heterocycles. The molecule has 112 valence electrons. The normalized spacial score (nSPS) is 21.3. The van der Waals surface area contributed by atoms with Crippen LogP contribution in [0.1, 0.15) is 35.8 Å². The van der Waals surface area contributed by atoms with E-state index in [-0.39, 0.29) is 5.75 Å². The van der Waals surface area contributed by atoms with Gasteiger partial charge in [-0.2, -0.15) is 5.10 Å². The lowest BCUT2D eigenvalue weighted by Crippen LogP contribution is -2.22. The first-order chi connectivity index (χ1) is 10.0. The van der Waals surface area contributed by atoms with Crippen molar-refractivity contribution in [1.82, 2.24) is 10.2 Å². The standard InChI is InChI=1S/C15H19N3O2S/c1-10-6-2-3-7-11(10)13-14(17-18-15(13)16)12-8-4-5-9-21(12,19)20/h2-3,6-7,12H,4-5,8-9H2,1H3,(H3,16,17,18). The summed E-state index contributed by atoms with van der Waals surface area (Å²) >= 11 is 0. The van der Waals surface area contributed by atoms with Crippen molar-refractivity contribution in [2.75, 3.05) is 11.5 Å². The van der Waals surface area contributed by atoms with Crippen LogP contribution in [0.3, 0.4) is 0 Å². The molecule has 1 aromatic carbocycles. The largest absolute Gasteiger partial charge is 0.382 e. The summed E-state index contributed by atoms with van der Waals surface area (Å²) in [6, 6.07) is 7.82. The molecule has 1 unspecified atom stereocenters. The summed E-state index contributed by atoms with van der Waals surface area (Å²) in [6.07, 6.45) is 2.28. The van der Waals surface area contributed by atoms with Gasteiger partial charge in [0, 0.05) is 5.56 Å². The molecule has 1 aliphatic heterocycles. The molecule has 1 atom stereocenters. The highest BCUT2D eigenvalue weighted by Gasteiger charge is 2.34. The third-order valence-corrected chi connectivity index (χ3v) is 6.33. The average Bonchev–Trinajstić information content (AvgIpc) is 2.80. The average molecular weight is 305 g/mol. The minimum absolute atomic E-state index is 0.240. The Bertz CT molecular complexity index is 765. The number of hydrogen-bond donors (Lipinski definition) is 2. The van der Waals surface area contributed by atoms with Gasteiger partial charge in [0.15, 0.2) is 15.7 Å². The van der Waals surface area contributed by atoms with Crippen molar-refractivity contribution in [2.24, 2.45) is 0 Å². The Morgan fingerprint density at radius 2 is 2.05 bits per heavy atom. The summed E-state index contributed by atoms with van der Waals surface area (Å²) in [5.74, 6) is 0.601. The Kier molecular flexibility index (Phi) is 3.49. The third kappa shape index (κ3) is 2.44. The van der Waals surface area contributed by atoms with Gasteiger partial charge < -0.3 is 5.73 Å². The molecule has 0 amide bonds. The van der Waals surface area contributed by atoms with Crippen molar-refractivity contribution in [3.05, 3.63) is 35.5 Å². The molecule has 0 radical (unpaired) electrons. The Morgan fingerprint density at radius 3 is 2.76 bits per heavy atom. The molecule has 0 aliphatic carbocycles. The fourth-order valence-electron chi connectivity index (χ4n) is 3.02. The van der Waals surface area contributed by atoms with E-state index in [1.807, 2.05) is 31.2 Å². The van der Waals surface area contributed by atoms with E-state index in [1.165, 1.54) is 0 Å². The number of aryl methyl sites for hydroxylation is 1. The second-order valence-corrected chi connectivity index (χ2v) is 7.87. The van der Waals surface area contributed by atoms with Crippen LogP contribution < -0.4 is 5.73 Å². The number of nitrogen functional groups attached to an aromatic ring is 1. The van der Waals surface area contributed by atoms with Gasteiger partial charge in [-0.15, -0.1) is 0 Å². The topological polar surface area (TPSA) is 88.8 Å². The van der Waals surface area contributed by atoms with Gasteiger partial charge >= 0.3 is 0 Å². The number of nitrogens with two attached hydrogens (primary N) is 1. The summed E-state index contributed by atoms with van der Waals surface area (Å²) in [5, 5.41) is 6.41. The highest BCUT2D eigenvalue weighted by Crippen LogP contribution is 2.40. The molecule has 1 aliphatic rings. The molecular weight excluding hydrogens is 286 g/mol. The number of nitrogens with one attached hydrogen (secondary N) is 1. The SMILES string of the molecule is Cc1ccccc1-c1c(N)n[nH]c1C1CCCCS1(=O)=O. The van der Waals surface area contributed by atoms with Crippen molar-refractivity contribution < 1.29 is 8.42 Å². The molecule has 0 spiro atoms. The van der Waals surface area contributed by atoms with Crippen molar-refractivity contribution in [2.45, 2.75) is 31.4 Å². The Balaban J connectivity index is 2.16. The number of rotatable bonds is 2. The first-order valence-electron chi connectivity index (χ1n) is 7.12. The maximum absolute atomic E-state index is 12.4. The van der Waals surface area contributed by atoms with Gasteiger partial charge in [-0.05, 0) is 30.9 Å². The maximum Gasteiger partial charge on any atom is 0.158 e. The molecule has 0 bridgehead atoms. The van der Waals surface area contributed by atoms with Crippen molar-refractivity contribution >= 4 is 15.7 Å².